The number of Topliss-reactive ketones (excluding diaryl/α,β-unsaturated/α-hetero) is 1. The van der Waals surface area contributed by atoms with Gasteiger partial charge in [-0.25, -0.2) is 0 Å². The van der Waals surface area contributed by atoms with Crippen LogP contribution in [0.4, 0.5) is 11.4 Å². The molecular weight excluding hydrogens is 238 g/mol. The Morgan fingerprint density at radius 1 is 1.37 bits per heavy atom. The summed E-state index contributed by atoms with van der Waals surface area (Å²) in [6, 6.07) is 7.39. The van der Waals surface area contributed by atoms with E-state index in [0.29, 0.717) is 17.8 Å². The molecule has 0 spiro atoms. The van der Waals surface area contributed by atoms with E-state index in [1.165, 1.54) is 12.5 Å². The van der Waals surface area contributed by atoms with Gasteiger partial charge in [-0.2, -0.15) is 0 Å². The molecule has 2 aromatic rings. The highest BCUT2D eigenvalue weighted by molar-refractivity contribution is 6.00. The number of carbonyl (C=O) groups excluding carboxylic acids is 1. The predicted molar refractivity (Wildman–Crippen MR) is 77.2 cm³/mol. The van der Waals surface area contributed by atoms with Gasteiger partial charge in [0.05, 0.1) is 0 Å². The zero-order valence-electron chi connectivity index (χ0n) is 11.1. The van der Waals surface area contributed by atoms with Crippen molar-refractivity contribution in [2.45, 2.75) is 20.4 Å². The van der Waals surface area contributed by atoms with Gasteiger partial charge in [0, 0.05) is 35.9 Å². The molecule has 0 unspecified atom stereocenters. The average Bonchev–Trinajstić information content (AvgIpc) is 2.39. The molecule has 4 heteroatoms. The zero-order valence-corrected chi connectivity index (χ0v) is 11.1. The number of nitrogens with one attached hydrogen (secondary N) is 1. The van der Waals surface area contributed by atoms with Crippen LogP contribution in [-0.4, -0.2) is 10.8 Å². The largest absolute Gasteiger partial charge is 0.398 e. The molecule has 0 aliphatic carbocycles. The van der Waals surface area contributed by atoms with Gasteiger partial charge >= 0.3 is 0 Å². The van der Waals surface area contributed by atoms with E-state index in [0.717, 1.165) is 11.3 Å². The number of carbonyl (C=O) groups is 1. The first-order valence-electron chi connectivity index (χ1n) is 6.12. The van der Waals surface area contributed by atoms with Gasteiger partial charge in [0.15, 0.2) is 5.78 Å². The fraction of sp³-hybridized carbons (Fsp3) is 0.200. The van der Waals surface area contributed by atoms with Crippen LogP contribution in [0.3, 0.4) is 0 Å². The van der Waals surface area contributed by atoms with E-state index in [-0.39, 0.29) is 5.78 Å². The summed E-state index contributed by atoms with van der Waals surface area (Å²) in [5.41, 5.74) is 10.0. The van der Waals surface area contributed by atoms with Crippen LogP contribution in [0.25, 0.3) is 0 Å². The van der Waals surface area contributed by atoms with Crippen LogP contribution in [0.2, 0.25) is 0 Å². The molecule has 0 saturated carbocycles. The van der Waals surface area contributed by atoms with Crippen molar-refractivity contribution in [1.29, 1.82) is 0 Å². The van der Waals surface area contributed by atoms with Crippen molar-refractivity contribution in [1.82, 2.24) is 4.98 Å². The summed E-state index contributed by atoms with van der Waals surface area (Å²) in [7, 11) is 0. The summed E-state index contributed by atoms with van der Waals surface area (Å²) in [5, 5.41) is 3.29. The van der Waals surface area contributed by atoms with Crippen molar-refractivity contribution in [3.05, 3.63) is 53.3 Å². The molecule has 0 saturated heterocycles. The fourth-order valence-electron chi connectivity index (χ4n) is 1.87. The number of aromatic nitrogens is 1. The number of nitrogens with zero attached hydrogens (tertiary/aromatic N) is 1. The van der Waals surface area contributed by atoms with Gasteiger partial charge in [-0.1, -0.05) is 0 Å². The molecule has 0 bridgehead atoms. The lowest BCUT2D eigenvalue weighted by Crippen LogP contribution is -2.04. The van der Waals surface area contributed by atoms with Gasteiger partial charge in [0.1, 0.15) is 0 Å². The lowest BCUT2D eigenvalue weighted by atomic mass is 10.1. The molecule has 1 aromatic carbocycles. The number of anilines is 2. The first-order chi connectivity index (χ1) is 9.08. The Labute approximate surface area is 112 Å². The molecule has 0 amide bonds. The molecule has 2 rings (SSSR count). The number of pyridine rings is 1. The molecule has 0 radical (unpaired) electrons. The average molecular weight is 255 g/mol. The van der Waals surface area contributed by atoms with Crippen molar-refractivity contribution in [2.24, 2.45) is 0 Å². The third-order valence-corrected chi connectivity index (χ3v) is 3.05. The summed E-state index contributed by atoms with van der Waals surface area (Å²) in [4.78, 5) is 15.5. The summed E-state index contributed by atoms with van der Waals surface area (Å²) >= 11 is 0. The van der Waals surface area contributed by atoms with E-state index in [9.17, 15) is 4.79 Å². The van der Waals surface area contributed by atoms with Crippen molar-refractivity contribution in [3.63, 3.8) is 0 Å². The Balaban J connectivity index is 2.14. The monoisotopic (exact) mass is 255 g/mol. The second-order valence-corrected chi connectivity index (χ2v) is 4.51. The van der Waals surface area contributed by atoms with Crippen molar-refractivity contribution in [2.75, 3.05) is 11.1 Å². The molecule has 98 valence electrons. The van der Waals surface area contributed by atoms with Gasteiger partial charge < -0.3 is 11.1 Å². The van der Waals surface area contributed by atoms with Crippen LogP contribution in [0.1, 0.15) is 28.4 Å². The SMILES string of the molecule is CC(=O)c1cc(NCc2ccncc2C)ccc1N. The number of hydrogen-bond acceptors (Lipinski definition) is 4. The third-order valence-electron chi connectivity index (χ3n) is 3.05. The summed E-state index contributed by atoms with van der Waals surface area (Å²) < 4.78 is 0. The lowest BCUT2D eigenvalue weighted by Gasteiger charge is -2.10. The molecule has 1 aromatic heterocycles. The van der Waals surface area contributed by atoms with Crippen molar-refractivity contribution >= 4 is 17.2 Å². The van der Waals surface area contributed by atoms with E-state index in [2.05, 4.69) is 10.3 Å². The number of benzene rings is 1. The van der Waals surface area contributed by atoms with Crippen LogP contribution >= 0.6 is 0 Å². The fourth-order valence-corrected chi connectivity index (χ4v) is 1.87. The van der Waals surface area contributed by atoms with Gasteiger partial charge in [-0.3, -0.25) is 9.78 Å². The summed E-state index contributed by atoms with van der Waals surface area (Å²) in [6.45, 7) is 4.23. The highest BCUT2D eigenvalue weighted by Gasteiger charge is 2.06. The first-order valence-corrected chi connectivity index (χ1v) is 6.12. The Hall–Kier alpha value is -2.36. The minimum atomic E-state index is -0.0266. The minimum absolute atomic E-state index is 0.0266. The Kier molecular flexibility index (Phi) is 3.80. The second-order valence-electron chi connectivity index (χ2n) is 4.51. The van der Waals surface area contributed by atoms with E-state index < -0.39 is 0 Å². The number of nitrogens with two attached hydrogens (primary N) is 1. The summed E-state index contributed by atoms with van der Waals surface area (Å²) in [5.74, 6) is -0.0266. The normalized spacial score (nSPS) is 10.2. The predicted octanol–water partition coefficient (Wildman–Crippen LogP) is 2.79. The van der Waals surface area contributed by atoms with Crippen LogP contribution in [0.15, 0.2) is 36.7 Å². The highest BCUT2D eigenvalue weighted by atomic mass is 16.1. The Bertz CT molecular complexity index is 608. The number of ketones is 1. The maximum atomic E-state index is 11.4. The molecule has 4 nitrogen and oxygen atoms in total. The van der Waals surface area contributed by atoms with Crippen LogP contribution < -0.4 is 11.1 Å². The van der Waals surface area contributed by atoms with E-state index in [1.54, 1.807) is 18.3 Å². The maximum Gasteiger partial charge on any atom is 0.161 e. The molecule has 0 aliphatic rings. The molecule has 19 heavy (non-hydrogen) atoms. The molecule has 0 aliphatic heterocycles. The third kappa shape index (κ3) is 3.10. The highest BCUT2D eigenvalue weighted by Crippen LogP contribution is 2.19. The molecule has 0 atom stereocenters. The number of hydrogen-bond donors (Lipinski definition) is 2. The molecule has 1 heterocycles. The van der Waals surface area contributed by atoms with E-state index in [4.69, 9.17) is 5.73 Å². The Morgan fingerprint density at radius 3 is 2.84 bits per heavy atom. The lowest BCUT2D eigenvalue weighted by molar-refractivity contribution is 0.101. The quantitative estimate of drug-likeness (QED) is 0.651. The number of aryl methyl sites for hydroxylation is 1. The van der Waals surface area contributed by atoms with Gasteiger partial charge in [0.25, 0.3) is 0 Å². The van der Waals surface area contributed by atoms with Gasteiger partial charge in [0.2, 0.25) is 0 Å². The first kappa shape index (κ1) is 13.1. The summed E-state index contributed by atoms with van der Waals surface area (Å²) in [6.07, 6.45) is 3.61. The zero-order chi connectivity index (χ0) is 13.8. The van der Waals surface area contributed by atoms with Crippen LogP contribution in [0, 0.1) is 6.92 Å². The van der Waals surface area contributed by atoms with Gasteiger partial charge in [-0.05, 0) is 49.2 Å². The standard InChI is InChI=1S/C15H17N3O/c1-10-8-17-6-5-12(10)9-18-13-3-4-15(16)14(7-13)11(2)19/h3-8,18H,9,16H2,1-2H3. The van der Waals surface area contributed by atoms with E-state index >= 15 is 0 Å². The minimum Gasteiger partial charge on any atom is -0.398 e. The molecule has 3 N–H and O–H groups in total. The molecule has 0 fully saturated rings. The van der Waals surface area contributed by atoms with Crippen LogP contribution in [0.5, 0.6) is 0 Å². The van der Waals surface area contributed by atoms with Crippen LogP contribution in [-0.2, 0) is 6.54 Å². The maximum absolute atomic E-state index is 11.4. The topological polar surface area (TPSA) is 68.0 Å². The van der Waals surface area contributed by atoms with Crippen molar-refractivity contribution in [3.8, 4) is 0 Å². The number of nitrogen functional groups attached to an aromatic ring is 1. The molecular formula is C15H17N3O. The van der Waals surface area contributed by atoms with E-state index in [1.807, 2.05) is 25.3 Å². The van der Waals surface area contributed by atoms with Gasteiger partial charge in [-0.15, -0.1) is 0 Å². The Morgan fingerprint density at radius 2 is 2.16 bits per heavy atom. The second kappa shape index (κ2) is 5.52. The number of rotatable bonds is 4. The van der Waals surface area contributed by atoms with Crippen molar-refractivity contribution < 1.29 is 4.79 Å². The smallest absolute Gasteiger partial charge is 0.161 e.